The summed E-state index contributed by atoms with van der Waals surface area (Å²) in [6.45, 7) is -1.18. The maximum absolute atomic E-state index is 12.4. The van der Waals surface area contributed by atoms with Crippen molar-refractivity contribution in [2.75, 3.05) is 7.11 Å². The number of alkyl halides is 2. The molecule has 1 heterocycles. The van der Waals surface area contributed by atoms with E-state index >= 15 is 0 Å². The molecule has 3 rings (SSSR count). The Morgan fingerprint density at radius 2 is 1.88 bits per heavy atom. The van der Waals surface area contributed by atoms with Crippen molar-refractivity contribution in [1.82, 2.24) is 5.32 Å². The lowest BCUT2D eigenvalue weighted by molar-refractivity contribution is -0.0512. The predicted octanol–water partition coefficient (Wildman–Crippen LogP) is 4.53. The first-order valence-electron chi connectivity index (χ1n) is 7.90. The summed E-state index contributed by atoms with van der Waals surface area (Å²) >= 11 is 0. The normalized spacial score (nSPS) is 12.2. The minimum absolute atomic E-state index is 0.0503. The van der Waals surface area contributed by atoms with Gasteiger partial charge in [0.15, 0.2) is 11.5 Å². The third kappa shape index (κ3) is 3.77. The summed E-state index contributed by atoms with van der Waals surface area (Å²) in [7, 11) is 1.31. The molecular formula is C19H17F2NO4. The summed E-state index contributed by atoms with van der Waals surface area (Å²) in [5, 5.41) is 3.75. The van der Waals surface area contributed by atoms with Crippen molar-refractivity contribution >= 4 is 16.9 Å². The zero-order chi connectivity index (χ0) is 18.7. The van der Waals surface area contributed by atoms with Crippen molar-refractivity contribution in [3.8, 4) is 11.5 Å². The van der Waals surface area contributed by atoms with Gasteiger partial charge < -0.3 is 19.2 Å². The van der Waals surface area contributed by atoms with Gasteiger partial charge in [0.05, 0.1) is 13.2 Å². The Labute approximate surface area is 148 Å². The van der Waals surface area contributed by atoms with Gasteiger partial charge in [0.25, 0.3) is 5.91 Å². The zero-order valence-corrected chi connectivity index (χ0v) is 14.2. The van der Waals surface area contributed by atoms with Crippen LogP contribution in [0.4, 0.5) is 8.78 Å². The molecule has 1 N–H and O–H groups in total. The van der Waals surface area contributed by atoms with Crippen LogP contribution in [0.1, 0.15) is 29.1 Å². The van der Waals surface area contributed by atoms with Crippen LogP contribution in [0.2, 0.25) is 0 Å². The fourth-order valence-corrected chi connectivity index (χ4v) is 2.57. The Kier molecular flexibility index (Phi) is 5.06. The number of halogens is 2. The summed E-state index contributed by atoms with van der Waals surface area (Å²) in [6.07, 6.45) is 0. The molecule has 26 heavy (non-hydrogen) atoms. The molecule has 0 radical (unpaired) electrons. The van der Waals surface area contributed by atoms with Gasteiger partial charge in [-0.3, -0.25) is 4.79 Å². The van der Waals surface area contributed by atoms with E-state index in [9.17, 15) is 13.6 Å². The third-order valence-corrected chi connectivity index (χ3v) is 3.86. The first-order valence-corrected chi connectivity index (χ1v) is 7.90. The van der Waals surface area contributed by atoms with Gasteiger partial charge in [0, 0.05) is 10.9 Å². The summed E-state index contributed by atoms with van der Waals surface area (Å²) in [4.78, 5) is 12.4. The largest absolute Gasteiger partial charge is 0.493 e. The highest BCUT2D eigenvalue weighted by molar-refractivity contribution is 5.95. The number of benzene rings is 2. The average molecular weight is 361 g/mol. The quantitative estimate of drug-likeness (QED) is 0.701. The lowest BCUT2D eigenvalue weighted by atomic mass is 10.1. The molecule has 0 fully saturated rings. The zero-order valence-electron chi connectivity index (χ0n) is 14.2. The number of nitrogens with one attached hydrogen (secondary N) is 1. The topological polar surface area (TPSA) is 60.7 Å². The Morgan fingerprint density at radius 1 is 1.12 bits per heavy atom. The minimum Gasteiger partial charge on any atom is -0.493 e. The van der Waals surface area contributed by atoms with Crippen molar-refractivity contribution in [3.05, 3.63) is 59.9 Å². The van der Waals surface area contributed by atoms with Gasteiger partial charge in [-0.05, 0) is 37.3 Å². The predicted molar refractivity (Wildman–Crippen MR) is 91.7 cm³/mol. The van der Waals surface area contributed by atoms with Crippen LogP contribution in [0, 0.1) is 0 Å². The molecule has 0 aliphatic heterocycles. The second kappa shape index (κ2) is 7.43. The van der Waals surface area contributed by atoms with E-state index in [1.165, 1.54) is 25.3 Å². The Morgan fingerprint density at radius 3 is 2.58 bits per heavy atom. The van der Waals surface area contributed by atoms with E-state index in [0.29, 0.717) is 5.76 Å². The number of furan rings is 1. The van der Waals surface area contributed by atoms with Gasteiger partial charge in [0.2, 0.25) is 0 Å². The molecule has 0 spiro atoms. The van der Waals surface area contributed by atoms with E-state index in [2.05, 4.69) is 10.1 Å². The standard InChI is InChI=1S/C19H17F2NO4/c1-11(16-9-12-5-3-4-6-14(12)25-16)22-18(23)13-7-8-15(26-19(20)21)17(10-13)24-2/h3-11,19H,1-2H3,(H,22,23)/t11-/m0/s1. The van der Waals surface area contributed by atoms with E-state index in [0.717, 1.165) is 11.0 Å². The maximum Gasteiger partial charge on any atom is 0.387 e. The summed E-state index contributed by atoms with van der Waals surface area (Å²) in [6, 6.07) is 13.0. The number of carbonyl (C=O) groups excluding carboxylic acids is 1. The molecule has 1 atom stereocenters. The van der Waals surface area contributed by atoms with E-state index in [4.69, 9.17) is 9.15 Å². The second-order valence-corrected chi connectivity index (χ2v) is 5.63. The molecule has 0 aliphatic rings. The Bertz CT molecular complexity index is 890. The number of hydrogen-bond acceptors (Lipinski definition) is 4. The number of rotatable bonds is 6. The van der Waals surface area contributed by atoms with Crippen molar-refractivity contribution in [1.29, 1.82) is 0 Å². The minimum atomic E-state index is -2.98. The average Bonchev–Trinajstić information content (AvgIpc) is 3.05. The first kappa shape index (κ1) is 17.7. The van der Waals surface area contributed by atoms with E-state index in [1.807, 2.05) is 30.3 Å². The van der Waals surface area contributed by atoms with Crippen LogP contribution < -0.4 is 14.8 Å². The molecule has 0 saturated heterocycles. The highest BCUT2D eigenvalue weighted by atomic mass is 19.3. The summed E-state index contributed by atoms with van der Waals surface area (Å²) in [5.74, 6) is 0.141. The fourth-order valence-electron chi connectivity index (χ4n) is 2.57. The molecule has 1 aromatic heterocycles. The number of methoxy groups -OCH3 is 1. The molecule has 5 nitrogen and oxygen atoms in total. The highest BCUT2D eigenvalue weighted by Gasteiger charge is 2.18. The lowest BCUT2D eigenvalue weighted by Crippen LogP contribution is -2.26. The van der Waals surface area contributed by atoms with Crippen LogP contribution in [0.15, 0.2) is 52.9 Å². The smallest absolute Gasteiger partial charge is 0.387 e. The van der Waals surface area contributed by atoms with Gasteiger partial charge in [-0.2, -0.15) is 8.78 Å². The van der Waals surface area contributed by atoms with Crippen LogP contribution in [0.25, 0.3) is 11.0 Å². The van der Waals surface area contributed by atoms with Gasteiger partial charge >= 0.3 is 6.61 Å². The van der Waals surface area contributed by atoms with E-state index in [1.54, 1.807) is 6.92 Å². The number of para-hydroxylation sites is 1. The van der Waals surface area contributed by atoms with Crippen LogP contribution in [0.5, 0.6) is 11.5 Å². The lowest BCUT2D eigenvalue weighted by Gasteiger charge is -2.14. The van der Waals surface area contributed by atoms with Crippen LogP contribution in [-0.4, -0.2) is 19.6 Å². The van der Waals surface area contributed by atoms with Crippen LogP contribution in [0.3, 0.4) is 0 Å². The van der Waals surface area contributed by atoms with Crippen LogP contribution in [-0.2, 0) is 0 Å². The van der Waals surface area contributed by atoms with Gasteiger partial charge in [0.1, 0.15) is 11.3 Å². The van der Waals surface area contributed by atoms with Gasteiger partial charge in [-0.15, -0.1) is 0 Å². The summed E-state index contributed by atoms with van der Waals surface area (Å²) in [5.41, 5.74) is 0.991. The molecule has 0 aliphatic carbocycles. The number of ether oxygens (including phenoxy) is 2. The van der Waals surface area contributed by atoms with Crippen LogP contribution >= 0.6 is 0 Å². The van der Waals surface area contributed by atoms with E-state index in [-0.39, 0.29) is 29.0 Å². The summed E-state index contributed by atoms with van der Waals surface area (Å²) < 4.78 is 39.8. The van der Waals surface area contributed by atoms with Crippen molar-refractivity contribution in [2.45, 2.75) is 19.6 Å². The first-order chi connectivity index (χ1) is 12.5. The molecule has 136 valence electrons. The van der Waals surface area contributed by atoms with Crippen molar-refractivity contribution in [2.24, 2.45) is 0 Å². The number of amides is 1. The van der Waals surface area contributed by atoms with Gasteiger partial charge in [-0.25, -0.2) is 0 Å². The van der Waals surface area contributed by atoms with E-state index < -0.39 is 6.61 Å². The number of carbonyl (C=O) groups is 1. The Hall–Kier alpha value is -3.09. The molecule has 2 aromatic carbocycles. The third-order valence-electron chi connectivity index (χ3n) is 3.86. The SMILES string of the molecule is COc1cc(C(=O)N[C@@H](C)c2cc3ccccc3o2)ccc1OC(F)F. The highest BCUT2D eigenvalue weighted by Crippen LogP contribution is 2.30. The monoisotopic (exact) mass is 361 g/mol. The molecule has 7 heteroatoms. The fraction of sp³-hybridized carbons (Fsp3) is 0.211. The number of hydrogen-bond donors (Lipinski definition) is 1. The molecule has 1 amide bonds. The Balaban J connectivity index is 1.76. The molecule has 0 saturated carbocycles. The molecule has 3 aromatic rings. The van der Waals surface area contributed by atoms with Crippen molar-refractivity contribution < 1.29 is 27.5 Å². The molecule has 0 bridgehead atoms. The van der Waals surface area contributed by atoms with Gasteiger partial charge in [-0.1, -0.05) is 18.2 Å². The molecule has 0 unspecified atom stereocenters. The number of fused-ring (bicyclic) bond motifs is 1. The maximum atomic E-state index is 12.4. The van der Waals surface area contributed by atoms with Crippen molar-refractivity contribution in [3.63, 3.8) is 0 Å². The molecular weight excluding hydrogens is 344 g/mol. The second-order valence-electron chi connectivity index (χ2n) is 5.63.